The zero-order valence-corrected chi connectivity index (χ0v) is 12.7. The largest absolute Gasteiger partial charge is 0.295 e. The van der Waals surface area contributed by atoms with Gasteiger partial charge in [-0.2, -0.15) is 0 Å². The standard InChI is InChI=1S/C16H19N3OS/c17-18-16(20)15-14(7-9-21-15)11-19-8-3-6-12-4-1-2-5-13(12)10-19/h1-2,4-5,7,9H,3,6,8,10-11,17H2,(H,18,20). The highest BCUT2D eigenvalue weighted by molar-refractivity contribution is 7.12. The first-order valence-corrected chi connectivity index (χ1v) is 8.02. The summed E-state index contributed by atoms with van der Waals surface area (Å²) in [5.41, 5.74) is 6.13. The zero-order chi connectivity index (χ0) is 14.7. The summed E-state index contributed by atoms with van der Waals surface area (Å²) < 4.78 is 0. The third-order valence-corrected chi connectivity index (χ3v) is 4.87. The van der Waals surface area contributed by atoms with Gasteiger partial charge in [-0.05, 0) is 47.5 Å². The quantitative estimate of drug-likeness (QED) is 0.519. The molecule has 3 rings (SSSR count). The number of aryl methyl sites for hydroxylation is 1. The lowest BCUT2D eigenvalue weighted by atomic mass is 10.0. The smallest absolute Gasteiger partial charge is 0.275 e. The van der Waals surface area contributed by atoms with Crippen LogP contribution in [0.2, 0.25) is 0 Å². The zero-order valence-electron chi connectivity index (χ0n) is 11.8. The Morgan fingerprint density at radius 2 is 2.10 bits per heavy atom. The van der Waals surface area contributed by atoms with Crippen LogP contribution in [0.1, 0.15) is 32.8 Å². The van der Waals surface area contributed by atoms with Crippen LogP contribution >= 0.6 is 11.3 Å². The maximum absolute atomic E-state index is 11.8. The highest BCUT2D eigenvalue weighted by atomic mass is 32.1. The van der Waals surface area contributed by atoms with Crippen LogP contribution < -0.4 is 11.3 Å². The summed E-state index contributed by atoms with van der Waals surface area (Å²) in [6.07, 6.45) is 2.28. The van der Waals surface area contributed by atoms with Gasteiger partial charge < -0.3 is 0 Å². The van der Waals surface area contributed by atoms with Crippen molar-refractivity contribution in [3.05, 3.63) is 57.3 Å². The first-order valence-electron chi connectivity index (χ1n) is 7.14. The summed E-state index contributed by atoms with van der Waals surface area (Å²) in [6, 6.07) is 10.6. The van der Waals surface area contributed by atoms with E-state index in [4.69, 9.17) is 5.84 Å². The Balaban J connectivity index is 1.77. The van der Waals surface area contributed by atoms with Crippen molar-refractivity contribution in [2.45, 2.75) is 25.9 Å². The SMILES string of the molecule is NNC(=O)c1sccc1CN1CCCc2ccccc2C1. The highest BCUT2D eigenvalue weighted by Gasteiger charge is 2.18. The van der Waals surface area contributed by atoms with E-state index in [1.165, 1.54) is 22.5 Å². The maximum atomic E-state index is 11.8. The van der Waals surface area contributed by atoms with E-state index < -0.39 is 0 Å². The fraction of sp³-hybridized carbons (Fsp3) is 0.312. The molecule has 21 heavy (non-hydrogen) atoms. The Bertz CT molecular complexity index is 638. The Morgan fingerprint density at radius 1 is 1.29 bits per heavy atom. The van der Waals surface area contributed by atoms with Crippen molar-refractivity contribution in [3.8, 4) is 0 Å². The molecule has 0 radical (unpaired) electrons. The van der Waals surface area contributed by atoms with E-state index in [2.05, 4.69) is 34.6 Å². The molecule has 2 aromatic rings. The van der Waals surface area contributed by atoms with Crippen LogP contribution in [-0.2, 0) is 19.5 Å². The lowest BCUT2D eigenvalue weighted by molar-refractivity contribution is 0.0955. The summed E-state index contributed by atoms with van der Waals surface area (Å²) in [5.74, 6) is 5.05. The normalized spacial score (nSPS) is 15.3. The second kappa shape index (κ2) is 6.39. The number of hydrogen-bond donors (Lipinski definition) is 2. The van der Waals surface area contributed by atoms with Crippen molar-refractivity contribution in [3.63, 3.8) is 0 Å². The first-order chi connectivity index (χ1) is 10.3. The molecule has 0 bridgehead atoms. The molecule has 0 atom stereocenters. The van der Waals surface area contributed by atoms with E-state index >= 15 is 0 Å². The number of amides is 1. The van der Waals surface area contributed by atoms with E-state index in [-0.39, 0.29) is 5.91 Å². The van der Waals surface area contributed by atoms with Crippen molar-refractivity contribution < 1.29 is 4.79 Å². The number of hydrazine groups is 1. The highest BCUT2D eigenvalue weighted by Crippen LogP contribution is 2.23. The Morgan fingerprint density at radius 3 is 2.90 bits per heavy atom. The number of nitrogen functional groups attached to an aromatic ring is 1. The van der Waals surface area contributed by atoms with Crippen molar-refractivity contribution in [2.75, 3.05) is 6.54 Å². The predicted molar refractivity (Wildman–Crippen MR) is 84.8 cm³/mol. The third-order valence-electron chi connectivity index (χ3n) is 3.91. The average molecular weight is 301 g/mol. The minimum absolute atomic E-state index is 0.199. The molecule has 0 saturated heterocycles. The van der Waals surface area contributed by atoms with Crippen molar-refractivity contribution in [2.24, 2.45) is 5.84 Å². The fourth-order valence-corrected chi connectivity index (χ4v) is 3.69. The van der Waals surface area contributed by atoms with Crippen molar-refractivity contribution in [1.29, 1.82) is 0 Å². The third kappa shape index (κ3) is 3.15. The molecule has 0 unspecified atom stereocenters. The summed E-state index contributed by atoms with van der Waals surface area (Å²) in [6.45, 7) is 2.78. The molecule has 5 heteroatoms. The minimum Gasteiger partial charge on any atom is -0.295 e. The van der Waals surface area contributed by atoms with Gasteiger partial charge in [0.25, 0.3) is 5.91 Å². The molecular weight excluding hydrogens is 282 g/mol. The molecule has 2 heterocycles. The second-order valence-corrected chi connectivity index (χ2v) is 6.25. The number of nitrogens with zero attached hydrogens (tertiary/aromatic N) is 1. The van der Waals surface area contributed by atoms with Crippen LogP contribution in [0.15, 0.2) is 35.7 Å². The molecule has 0 fully saturated rings. The van der Waals surface area contributed by atoms with Crippen LogP contribution in [0, 0.1) is 0 Å². The lowest BCUT2D eigenvalue weighted by Crippen LogP contribution is -2.31. The number of nitrogens with one attached hydrogen (secondary N) is 1. The molecule has 4 nitrogen and oxygen atoms in total. The van der Waals surface area contributed by atoms with Gasteiger partial charge in [0.15, 0.2) is 0 Å². The molecule has 1 aromatic heterocycles. The van der Waals surface area contributed by atoms with Crippen LogP contribution in [-0.4, -0.2) is 17.4 Å². The van der Waals surface area contributed by atoms with Crippen LogP contribution in [0.3, 0.4) is 0 Å². The Kier molecular flexibility index (Phi) is 4.34. The van der Waals surface area contributed by atoms with Crippen molar-refractivity contribution >= 4 is 17.2 Å². The first kappa shape index (κ1) is 14.3. The monoisotopic (exact) mass is 301 g/mol. The van der Waals surface area contributed by atoms with Gasteiger partial charge in [0.1, 0.15) is 0 Å². The number of carbonyl (C=O) groups excluding carboxylic acids is 1. The van der Waals surface area contributed by atoms with Gasteiger partial charge in [-0.25, -0.2) is 5.84 Å². The molecule has 1 aliphatic heterocycles. The predicted octanol–water partition coefficient (Wildman–Crippen LogP) is 2.30. The summed E-state index contributed by atoms with van der Waals surface area (Å²) in [5, 5.41) is 1.95. The van der Waals surface area contributed by atoms with Gasteiger partial charge >= 0.3 is 0 Å². The lowest BCUT2D eigenvalue weighted by Gasteiger charge is -2.20. The number of benzene rings is 1. The number of rotatable bonds is 3. The van der Waals surface area contributed by atoms with Crippen LogP contribution in [0.5, 0.6) is 0 Å². The summed E-state index contributed by atoms with van der Waals surface area (Å²) in [4.78, 5) is 14.9. The van der Waals surface area contributed by atoms with Gasteiger partial charge in [-0.1, -0.05) is 24.3 Å². The Hall–Kier alpha value is -1.69. The molecule has 0 spiro atoms. The molecule has 1 amide bonds. The van der Waals surface area contributed by atoms with Gasteiger partial charge in [0.2, 0.25) is 0 Å². The molecule has 0 aliphatic carbocycles. The summed E-state index contributed by atoms with van der Waals surface area (Å²) in [7, 11) is 0. The number of fused-ring (bicyclic) bond motifs is 1. The number of thiophene rings is 1. The van der Waals surface area contributed by atoms with E-state index in [1.807, 2.05) is 11.4 Å². The van der Waals surface area contributed by atoms with Crippen LogP contribution in [0.4, 0.5) is 0 Å². The number of nitrogens with two attached hydrogens (primary N) is 1. The molecule has 1 aromatic carbocycles. The van der Waals surface area contributed by atoms with E-state index in [0.29, 0.717) is 0 Å². The maximum Gasteiger partial charge on any atom is 0.275 e. The van der Waals surface area contributed by atoms with E-state index in [9.17, 15) is 4.79 Å². The second-order valence-electron chi connectivity index (χ2n) is 5.33. The van der Waals surface area contributed by atoms with Crippen molar-refractivity contribution in [1.82, 2.24) is 10.3 Å². The van der Waals surface area contributed by atoms with E-state index in [1.54, 1.807) is 0 Å². The van der Waals surface area contributed by atoms with Crippen LogP contribution in [0.25, 0.3) is 0 Å². The van der Waals surface area contributed by atoms with Gasteiger partial charge in [-0.15, -0.1) is 11.3 Å². The average Bonchev–Trinajstić information content (AvgIpc) is 2.86. The molecular formula is C16H19N3OS. The van der Waals surface area contributed by atoms with Gasteiger partial charge in [-0.3, -0.25) is 15.1 Å². The van der Waals surface area contributed by atoms with Gasteiger partial charge in [0, 0.05) is 13.1 Å². The molecule has 3 N–H and O–H groups in total. The fourth-order valence-electron chi connectivity index (χ4n) is 2.87. The molecule has 110 valence electrons. The minimum atomic E-state index is -0.199. The Labute approximate surface area is 128 Å². The van der Waals surface area contributed by atoms with E-state index in [0.717, 1.165) is 42.9 Å². The number of carbonyl (C=O) groups is 1. The molecule has 0 saturated carbocycles. The topological polar surface area (TPSA) is 58.4 Å². The van der Waals surface area contributed by atoms with Gasteiger partial charge in [0.05, 0.1) is 4.88 Å². The summed E-state index contributed by atoms with van der Waals surface area (Å²) >= 11 is 1.44. The number of hydrogen-bond acceptors (Lipinski definition) is 4. The molecule has 1 aliphatic rings.